The molecule has 0 radical (unpaired) electrons. The summed E-state index contributed by atoms with van der Waals surface area (Å²) in [5.74, 6) is -1.61. The van der Waals surface area contributed by atoms with Crippen molar-refractivity contribution < 1.29 is 37.4 Å². The molecule has 2 amide bonds. The van der Waals surface area contributed by atoms with Crippen LogP contribution in [0, 0.1) is 12.8 Å². The number of carbonyl (C=O) groups is 3. The lowest BCUT2D eigenvalue weighted by Crippen LogP contribution is -2.35. The minimum Gasteiger partial charge on any atom is -0.490 e. The number of hydrogen-bond donors (Lipinski definition) is 3. The van der Waals surface area contributed by atoms with Gasteiger partial charge in [-0.25, -0.2) is 0 Å². The molecule has 1 saturated carbocycles. The standard InChI is InChI=1S/C25H26ClF3N2O5/c1-14-12-18(36-17-5-2-15(3-6-17)24(34)35)7-8-19(14)23(33)31-11-10-30-22(32)16-4-9-21(26)20(13-16)25(27,28)29/h4,7-9,12-13,15,17H,2-3,5-6,10-11H2,1H3,(H,30,32)(H,31,33)(H,34,35)/t15-,17+. The van der Waals surface area contributed by atoms with Crippen LogP contribution in [0.3, 0.4) is 0 Å². The van der Waals surface area contributed by atoms with Gasteiger partial charge < -0.3 is 20.5 Å². The number of rotatable bonds is 8. The Bertz CT molecular complexity index is 1130. The summed E-state index contributed by atoms with van der Waals surface area (Å²) in [6.45, 7) is 1.83. The number of aliphatic carboxylic acids is 1. The van der Waals surface area contributed by atoms with E-state index in [0.29, 0.717) is 48.6 Å². The highest BCUT2D eigenvalue weighted by Gasteiger charge is 2.34. The van der Waals surface area contributed by atoms with Gasteiger partial charge in [-0.15, -0.1) is 0 Å². The van der Waals surface area contributed by atoms with E-state index in [1.54, 1.807) is 25.1 Å². The van der Waals surface area contributed by atoms with Crippen LogP contribution in [0.2, 0.25) is 5.02 Å². The number of carboxylic acids is 1. The van der Waals surface area contributed by atoms with E-state index in [-0.39, 0.29) is 36.6 Å². The van der Waals surface area contributed by atoms with Crippen LogP contribution in [0.15, 0.2) is 36.4 Å². The van der Waals surface area contributed by atoms with Crippen LogP contribution in [0.25, 0.3) is 0 Å². The zero-order valence-electron chi connectivity index (χ0n) is 19.5. The van der Waals surface area contributed by atoms with Gasteiger partial charge >= 0.3 is 12.1 Å². The molecule has 1 aliphatic carbocycles. The molecule has 0 heterocycles. The van der Waals surface area contributed by atoms with Crippen molar-refractivity contribution in [1.82, 2.24) is 10.6 Å². The summed E-state index contributed by atoms with van der Waals surface area (Å²) in [7, 11) is 0. The van der Waals surface area contributed by atoms with Gasteiger partial charge in [0, 0.05) is 24.2 Å². The van der Waals surface area contributed by atoms with Crippen LogP contribution in [-0.4, -0.2) is 42.1 Å². The van der Waals surface area contributed by atoms with Crippen LogP contribution >= 0.6 is 11.6 Å². The number of hydrogen-bond acceptors (Lipinski definition) is 4. The fraction of sp³-hybridized carbons (Fsp3) is 0.400. The number of benzene rings is 2. The molecule has 0 atom stereocenters. The van der Waals surface area contributed by atoms with Crippen LogP contribution in [0.4, 0.5) is 13.2 Å². The van der Waals surface area contributed by atoms with Gasteiger partial charge in [-0.05, 0) is 74.6 Å². The molecular formula is C25H26ClF3N2O5. The summed E-state index contributed by atoms with van der Waals surface area (Å²) in [6, 6.07) is 7.91. The molecule has 0 bridgehead atoms. The van der Waals surface area contributed by atoms with Crippen molar-refractivity contribution in [2.75, 3.05) is 13.1 Å². The molecule has 11 heteroatoms. The van der Waals surface area contributed by atoms with Gasteiger partial charge in [0.2, 0.25) is 0 Å². The van der Waals surface area contributed by atoms with E-state index < -0.39 is 28.6 Å². The number of amides is 2. The van der Waals surface area contributed by atoms with E-state index in [1.807, 2.05) is 0 Å². The zero-order valence-corrected chi connectivity index (χ0v) is 20.2. The Morgan fingerprint density at radius 2 is 1.64 bits per heavy atom. The lowest BCUT2D eigenvalue weighted by molar-refractivity contribution is -0.143. The van der Waals surface area contributed by atoms with Crippen LogP contribution in [0.5, 0.6) is 5.75 Å². The van der Waals surface area contributed by atoms with Gasteiger partial charge in [0.15, 0.2) is 0 Å². The highest BCUT2D eigenvalue weighted by atomic mass is 35.5. The number of ether oxygens (including phenoxy) is 1. The maximum Gasteiger partial charge on any atom is 0.417 e. The van der Waals surface area contributed by atoms with E-state index in [4.69, 9.17) is 21.4 Å². The Hall–Kier alpha value is -3.27. The third-order valence-electron chi connectivity index (χ3n) is 6.00. The van der Waals surface area contributed by atoms with E-state index in [1.165, 1.54) is 6.07 Å². The predicted molar refractivity (Wildman–Crippen MR) is 126 cm³/mol. The Morgan fingerprint density at radius 1 is 1.00 bits per heavy atom. The first-order valence-corrected chi connectivity index (χ1v) is 11.8. The molecular weight excluding hydrogens is 501 g/mol. The normalized spacial score (nSPS) is 17.8. The van der Waals surface area contributed by atoms with Gasteiger partial charge in [-0.1, -0.05) is 11.6 Å². The molecule has 2 aromatic carbocycles. The van der Waals surface area contributed by atoms with Gasteiger partial charge in [0.25, 0.3) is 11.8 Å². The third kappa shape index (κ3) is 7.13. The van der Waals surface area contributed by atoms with Crippen molar-refractivity contribution in [3.63, 3.8) is 0 Å². The first-order valence-electron chi connectivity index (χ1n) is 11.4. The fourth-order valence-corrected chi connectivity index (χ4v) is 4.24. The average Bonchev–Trinajstić information content (AvgIpc) is 2.81. The highest BCUT2D eigenvalue weighted by Crippen LogP contribution is 2.35. The third-order valence-corrected chi connectivity index (χ3v) is 6.33. The first-order chi connectivity index (χ1) is 17.0. The maximum atomic E-state index is 13.0. The second-order valence-electron chi connectivity index (χ2n) is 8.61. The molecule has 0 aromatic heterocycles. The lowest BCUT2D eigenvalue weighted by atomic mass is 9.87. The molecule has 0 aliphatic heterocycles. The molecule has 3 rings (SSSR count). The number of nitrogens with one attached hydrogen (secondary N) is 2. The molecule has 1 fully saturated rings. The predicted octanol–water partition coefficient (Wildman–Crippen LogP) is 4.85. The number of carbonyl (C=O) groups excluding carboxylic acids is 2. The average molecular weight is 527 g/mol. The van der Waals surface area contributed by atoms with Gasteiger partial charge in [-0.2, -0.15) is 13.2 Å². The summed E-state index contributed by atoms with van der Waals surface area (Å²) < 4.78 is 44.9. The molecule has 3 N–H and O–H groups in total. The van der Waals surface area contributed by atoms with Crippen molar-refractivity contribution in [2.45, 2.75) is 44.9 Å². The second kappa shape index (κ2) is 11.6. The minimum atomic E-state index is -4.68. The quantitative estimate of drug-likeness (QED) is 0.427. The Labute approximate surface area is 211 Å². The summed E-state index contributed by atoms with van der Waals surface area (Å²) in [4.78, 5) is 35.8. The Kier molecular flexibility index (Phi) is 8.84. The first kappa shape index (κ1) is 27.3. The van der Waals surface area contributed by atoms with Crippen LogP contribution in [0.1, 0.15) is 57.5 Å². The molecule has 194 valence electrons. The van der Waals surface area contributed by atoms with Gasteiger partial charge in [0.1, 0.15) is 5.75 Å². The monoisotopic (exact) mass is 526 g/mol. The molecule has 0 spiro atoms. The zero-order chi connectivity index (χ0) is 26.5. The van der Waals surface area contributed by atoms with Crippen molar-refractivity contribution in [1.29, 1.82) is 0 Å². The molecule has 0 unspecified atom stereocenters. The second-order valence-corrected chi connectivity index (χ2v) is 9.02. The van der Waals surface area contributed by atoms with Crippen LogP contribution < -0.4 is 15.4 Å². The summed E-state index contributed by atoms with van der Waals surface area (Å²) in [5, 5.41) is 13.7. The van der Waals surface area contributed by atoms with Crippen molar-refractivity contribution in [2.24, 2.45) is 5.92 Å². The largest absolute Gasteiger partial charge is 0.490 e. The number of aryl methyl sites for hydroxylation is 1. The Balaban J connectivity index is 1.47. The molecule has 2 aromatic rings. The van der Waals surface area contributed by atoms with Crippen molar-refractivity contribution >= 4 is 29.4 Å². The molecule has 0 saturated heterocycles. The van der Waals surface area contributed by atoms with E-state index in [9.17, 15) is 27.6 Å². The summed E-state index contributed by atoms with van der Waals surface area (Å²) in [5.41, 5.74) is -0.202. The minimum absolute atomic E-state index is 0.00775. The highest BCUT2D eigenvalue weighted by molar-refractivity contribution is 6.31. The SMILES string of the molecule is Cc1cc(O[C@H]2CC[C@@H](C(=O)O)CC2)ccc1C(=O)NCCNC(=O)c1ccc(Cl)c(C(F)(F)F)c1. The topological polar surface area (TPSA) is 105 Å². The van der Waals surface area contributed by atoms with E-state index in [0.717, 1.165) is 6.07 Å². The van der Waals surface area contributed by atoms with Crippen LogP contribution in [-0.2, 0) is 11.0 Å². The van der Waals surface area contributed by atoms with Gasteiger partial charge in [0.05, 0.1) is 22.6 Å². The molecule has 7 nitrogen and oxygen atoms in total. The summed E-state index contributed by atoms with van der Waals surface area (Å²) in [6.07, 6.45) is -2.32. The van der Waals surface area contributed by atoms with E-state index in [2.05, 4.69) is 10.6 Å². The number of halogens is 4. The smallest absolute Gasteiger partial charge is 0.417 e. The Morgan fingerprint density at radius 3 is 2.22 bits per heavy atom. The maximum absolute atomic E-state index is 13.0. The number of alkyl halides is 3. The fourth-order valence-electron chi connectivity index (χ4n) is 4.02. The summed E-state index contributed by atoms with van der Waals surface area (Å²) >= 11 is 5.57. The van der Waals surface area contributed by atoms with E-state index >= 15 is 0 Å². The molecule has 36 heavy (non-hydrogen) atoms. The number of carboxylic acid groups (broad SMARTS) is 1. The lowest BCUT2D eigenvalue weighted by Gasteiger charge is -2.27. The van der Waals surface area contributed by atoms with Crippen molar-refractivity contribution in [3.05, 3.63) is 63.7 Å². The van der Waals surface area contributed by atoms with Gasteiger partial charge in [-0.3, -0.25) is 14.4 Å². The molecule has 1 aliphatic rings. The van der Waals surface area contributed by atoms with Crippen molar-refractivity contribution in [3.8, 4) is 5.75 Å².